The van der Waals surface area contributed by atoms with Gasteiger partial charge in [-0.1, -0.05) is 0 Å². The molecule has 3 heterocycles. The van der Waals surface area contributed by atoms with E-state index >= 15 is 0 Å². The summed E-state index contributed by atoms with van der Waals surface area (Å²) < 4.78 is 24.8. The molecule has 2 saturated heterocycles. The molecule has 1 aromatic rings. The Morgan fingerprint density at radius 1 is 1.24 bits per heavy atom. The number of piperidine rings is 2. The van der Waals surface area contributed by atoms with Crippen molar-refractivity contribution in [3.05, 3.63) is 16.6 Å². The van der Waals surface area contributed by atoms with Crippen LogP contribution >= 0.6 is 11.3 Å². The van der Waals surface area contributed by atoms with Crippen LogP contribution in [0.25, 0.3) is 0 Å². The molecule has 3 rings (SSSR count). The Bertz CT molecular complexity index is 551. The van der Waals surface area contributed by atoms with Gasteiger partial charge in [0.15, 0.2) is 0 Å². The van der Waals surface area contributed by atoms with E-state index in [1.54, 1.807) is 15.6 Å². The number of hydrogen-bond donors (Lipinski definition) is 0. The van der Waals surface area contributed by atoms with Gasteiger partial charge < -0.3 is 0 Å². The van der Waals surface area contributed by atoms with E-state index in [-0.39, 0.29) is 0 Å². The highest BCUT2D eigenvalue weighted by Gasteiger charge is 2.32. The van der Waals surface area contributed by atoms with Gasteiger partial charge in [-0.3, -0.25) is 4.90 Å². The minimum absolute atomic E-state index is 0.533. The van der Waals surface area contributed by atoms with E-state index in [1.165, 1.54) is 24.1 Å². The zero-order chi connectivity index (χ0) is 14.9. The molecule has 0 aromatic carbocycles. The molecule has 2 fully saturated rings. The van der Waals surface area contributed by atoms with Crippen LogP contribution in [0.1, 0.15) is 36.6 Å². The van der Waals surface area contributed by atoms with E-state index in [0.29, 0.717) is 25.0 Å². The number of hydrogen-bond acceptors (Lipinski definition) is 5. The normalized spacial score (nSPS) is 27.0. The van der Waals surface area contributed by atoms with Crippen LogP contribution in [0.5, 0.6) is 0 Å². The van der Waals surface area contributed by atoms with Crippen molar-refractivity contribution in [2.75, 3.05) is 32.4 Å². The minimum Gasteiger partial charge on any atom is -0.300 e. The minimum atomic E-state index is -3.02. The number of likely N-dealkylation sites (tertiary alicyclic amines) is 1. The number of rotatable bonds is 3. The van der Waals surface area contributed by atoms with Gasteiger partial charge in [-0.15, -0.1) is 11.3 Å². The molecule has 2 aliphatic rings. The quantitative estimate of drug-likeness (QED) is 0.848. The van der Waals surface area contributed by atoms with Gasteiger partial charge in [0.25, 0.3) is 0 Å². The van der Waals surface area contributed by atoms with E-state index in [9.17, 15) is 8.42 Å². The maximum absolute atomic E-state index is 11.6. The predicted octanol–water partition coefficient (Wildman–Crippen LogP) is 1.75. The summed E-state index contributed by atoms with van der Waals surface area (Å²) in [5, 5.41) is 3.31. The lowest BCUT2D eigenvalue weighted by atomic mass is 9.94. The van der Waals surface area contributed by atoms with Crippen molar-refractivity contribution in [2.45, 2.75) is 37.6 Å². The molecule has 2 aliphatic heterocycles. The van der Waals surface area contributed by atoms with Crippen LogP contribution in [0, 0.1) is 0 Å². The van der Waals surface area contributed by atoms with E-state index in [2.05, 4.69) is 15.3 Å². The highest BCUT2D eigenvalue weighted by atomic mass is 32.2. The van der Waals surface area contributed by atoms with Gasteiger partial charge in [-0.25, -0.2) is 17.7 Å². The van der Waals surface area contributed by atoms with Crippen LogP contribution in [0.3, 0.4) is 0 Å². The number of nitrogens with zero attached hydrogens (tertiary/aromatic N) is 3. The van der Waals surface area contributed by atoms with Gasteiger partial charge in [-0.2, -0.15) is 0 Å². The second kappa shape index (κ2) is 6.32. The lowest BCUT2D eigenvalue weighted by Gasteiger charge is -2.41. The number of sulfonamides is 1. The average Bonchev–Trinajstić information content (AvgIpc) is 3.01. The smallest absolute Gasteiger partial charge is 0.211 e. The number of thiazole rings is 1. The van der Waals surface area contributed by atoms with E-state index < -0.39 is 10.0 Å². The Morgan fingerprint density at radius 3 is 2.62 bits per heavy atom. The SMILES string of the molecule is CS(=O)(=O)N1CCC(N2CCCC(c3nccs3)C2)CC1. The average molecular weight is 329 g/mol. The monoisotopic (exact) mass is 329 g/mol. The highest BCUT2D eigenvalue weighted by molar-refractivity contribution is 7.88. The number of aromatic nitrogens is 1. The molecule has 5 nitrogen and oxygen atoms in total. The molecule has 0 aliphatic carbocycles. The van der Waals surface area contributed by atoms with Crippen LogP contribution in [0.15, 0.2) is 11.6 Å². The molecule has 21 heavy (non-hydrogen) atoms. The van der Waals surface area contributed by atoms with Gasteiger partial charge in [0, 0.05) is 43.2 Å². The van der Waals surface area contributed by atoms with Gasteiger partial charge >= 0.3 is 0 Å². The summed E-state index contributed by atoms with van der Waals surface area (Å²) in [6.45, 7) is 3.56. The van der Waals surface area contributed by atoms with Gasteiger partial charge in [0.2, 0.25) is 10.0 Å². The second-order valence-corrected chi connectivity index (χ2v) is 9.01. The molecule has 1 unspecified atom stereocenters. The molecule has 0 bridgehead atoms. The van der Waals surface area contributed by atoms with Crippen molar-refractivity contribution in [1.29, 1.82) is 0 Å². The first kappa shape index (κ1) is 15.4. The molecule has 0 spiro atoms. The summed E-state index contributed by atoms with van der Waals surface area (Å²) in [7, 11) is -3.02. The van der Waals surface area contributed by atoms with Crippen LogP contribution in [0.4, 0.5) is 0 Å². The summed E-state index contributed by atoms with van der Waals surface area (Å²) >= 11 is 1.76. The molecule has 1 atom stereocenters. The van der Waals surface area contributed by atoms with E-state index in [4.69, 9.17) is 0 Å². The van der Waals surface area contributed by atoms with Gasteiger partial charge in [0.1, 0.15) is 0 Å². The van der Waals surface area contributed by atoms with Crippen LogP contribution in [-0.2, 0) is 10.0 Å². The molecular weight excluding hydrogens is 306 g/mol. The zero-order valence-electron chi connectivity index (χ0n) is 12.4. The predicted molar refractivity (Wildman–Crippen MR) is 85.1 cm³/mol. The fraction of sp³-hybridized carbons (Fsp3) is 0.786. The Kier molecular flexibility index (Phi) is 4.63. The first-order valence-corrected chi connectivity index (χ1v) is 10.4. The third-order valence-corrected chi connectivity index (χ3v) is 6.90. The van der Waals surface area contributed by atoms with Crippen molar-refractivity contribution in [3.63, 3.8) is 0 Å². The molecule has 0 amide bonds. The third kappa shape index (κ3) is 3.64. The molecule has 0 N–H and O–H groups in total. The van der Waals surface area contributed by atoms with Gasteiger partial charge in [0.05, 0.1) is 11.3 Å². The Labute approximate surface area is 131 Å². The third-order valence-electron chi connectivity index (χ3n) is 4.66. The second-order valence-electron chi connectivity index (χ2n) is 6.10. The summed E-state index contributed by atoms with van der Waals surface area (Å²) in [6.07, 6.45) is 7.56. The first-order chi connectivity index (χ1) is 10.0. The molecule has 0 saturated carbocycles. The van der Waals surface area contributed by atoms with Crippen LogP contribution < -0.4 is 0 Å². The van der Waals surface area contributed by atoms with Crippen molar-refractivity contribution >= 4 is 21.4 Å². The Balaban J connectivity index is 1.58. The Hall–Kier alpha value is -0.500. The topological polar surface area (TPSA) is 53.5 Å². The summed E-state index contributed by atoms with van der Waals surface area (Å²) in [4.78, 5) is 7.03. The van der Waals surface area contributed by atoms with Crippen molar-refractivity contribution in [2.24, 2.45) is 0 Å². The van der Waals surface area contributed by atoms with Crippen molar-refractivity contribution in [3.8, 4) is 0 Å². The molecule has 1 aromatic heterocycles. The van der Waals surface area contributed by atoms with Crippen LogP contribution in [-0.4, -0.2) is 61.1 Å². The lowest BCUT2D eigenvalue weighted by Crippen LogP contribution is -2.49. The van der Waals surface area contributed by atoms with Crippen molar-refractivity contribution < 1.29 is 8.42 Å². The largest absolute Gasteiger partial charge is 0.300 e. The zero-order valence-corrected chi connectivity index (χ0v) is 14.1. The van der Waals surface area contributed by atoms with Crippen LogP contribution in [0.2, 0.25) is 0 Å². The molecule has 0 radical (unpaired) electrons. The van der Waals surface area contributed by atoms with Crippen molar-refractivity contribution in [1.82, 2.24) is 14.2 Å². The summed E-state index contributed by atoms with van der Waals surface area (Å²) in [6, 6.07) is 0.533. The standard InChI is InChI=1S/C14H23N3O2S2/c1-21(18,19)17-8-4-13(5-9-17)16-7-2-3-12(11-16)14-15-6-10-20-14/h6,10,12-13H,2-5,7-9,11H2,1H3. The molecular formula is C14H23N3O2S2. The van der Waals surface area contributed by atoms with Gasteiger partial charge in [-0.05, 0) is 32.2 Å². The molecule has 118 valence electrons. The fourth-order valence-electron chi connectivity index (χ4n) is 3.51. The van der Waals surface area contributed by atoms with E-state index in [0.717, 1.165) is 25.9 Å². The summed E-state index contributed by atoms with van der Waals surface area (Å²) in [5.74, 6) is 0.562. The summed E-state index contributed by atoms with van der Waals surface area (Å²) in [5.41, 5.74) is 0. The maximum atomic E-state index is 11.6. The lowest BCUT2D eigenvalue weighted by molar-refractivity contribution is 0.107. The first-order valence-electron chi connectivity index (χ1n) is 7.62. The maximum Gasteiger partial charge on any atom is 0.211 e. The highest BCUT2D eigenvalue weighted by Crippen LogP contribution is 2.31. The molecule has 7 heteroatoms. The Morgan fingerprint density at radius 2 is 2.00 bits per heavy atom. The fourth-order valence-corrected chi connectivity index (χ4v) is 5.16. The van der Waals surface area contributed by atoms with E-state index in [1.807, 2.05) is 6.20 Å².